The number of rotatable bonds is 1. The summed E-state index contributed by atoms with van der Waals surface area (Å²) in [5, 5.41) is 0. The monoisotopic (exact) mass is 335 g/mol. The summed E-state index contributed by atoms with van der Waals surface area (Å²) in [6.45, 7) is 0. The SMILES string of the molecule is Nc1ccc(-c2ccc3c(c2)S(=O)(=O)c2ccccc2C3=O)cc1. The summed E-state index contributed by atoms with van der Waals surface area (Å²) in [6.07, 6.45) is 0. The molecule has 24 heavy (non-hydrogen) atoms. The molecule has 0 saturated heterocycles. The Bertz CT molecular complexity index is 1080. The summed E-state index contributed by atoms with van der Waals surface area (Å²) >= 11 is 0. The van der Waals surface area contributed by atoms with Gasteiger partial charge in [0.2, 0.25) is 9.84 Å². The van der Waals surface area contributed by atoms with Crippen LogP contribution in [0.4, 0.5) is 5.69 Å². The van der Waals surface area contributed by atoms with Gasteiger partial charge in [0.15, 0.2) is 5.78 Å². The van der Waals surface area contributed by atoms with Gasteiger partial charge in [0.25, 0.3) is 0 Å². The first-order valence-corrected chi connectivity index (χ1v) is 8.85. The number of anilines is 1. The molecular formula is C19H13NO3S. The summed E-state index contributed by atoms with van der Waals surface area (Å²) in [7, 11) is -3.72. The number of benzene rings is 3. The lowest BCUT2D eigenvalue weighted by Gasteiger charge is -2.19. The van der Waals surface area contributed by atoms with E-state index in [0.29, 0.717) is 5.69 Å². The van der Waals surface area contributed by atoms with E-state index in [1.54, 1.807) is 48.5 Å². The van der Waals surface area contributed by atoms with E-state index in [9.17, 15) is 13.2 Å². The predicted molar refractivity (Wildman–Crippen MR) is 91.6 cm³/mol. The Morgan fingerprint density at radius 3 is 2.08 bits per heavy atom. The molecule has 0 atom stereocenters. The van der Waals surface area contributed by atoms with Crippen LogP contribution in [0.5, 0.6) is 0 Å². The van der Waals surface area contributed by atoms with Crippen molar-refractivity contribution >= 4 is 21.3 Å². The summed E-state index contributed by atoms with van der Waals surface area (Å²) in [6, 6.07) is 18.4. The highest BCUT2D eigenvalue weighted by Gasteiger charge is 2.34. The van der Waals surface area contributed by atoms with Crippen LogP contribution >= 0.6 is 0 Å². The van der Waals surface area contributed by atoms with Gasteiger partial charge in [-0.25, -0.2) is 8.42 Å². The Kier molecular flexibility index (Phi) is 3.08. The van der Waals surface area contributed by atoms with Gasteiger partial charge >= 0.3 is 0 Å². The van der Waals surface area contributed by atoms with Crippen LogP contribution in [0, 0.1) is 0 Å². The van der Waals surface area contributed by atoms with Crippen LogP contribution in [0.2, 0.25) is 0 Å². The number of carbonyl (C=O) groups excluding carboxylic acids is 1. The summed E-state index contributed by atoms with van der Waals surface area (Å²) in [5.74, 6) is -0.265. The molecule has 4 rings (SSSR count). The molecule has 3 aromatic carbocycles. The molecule has 1 aliphatic rings. The van der Waals surface area contributed by atoms with Crippen LogP contribution in [-0.2, 0) is 9.84 Å². The van der Waals surface area contributed by atoms with Crippen LogP contribution in [0.25, 0.3) is 11.1 Å². The summed E-state index contributed by atoms with van der Waals surface area (Å²) in [4.78, 5) is 12.7. The average Bonchev–Trinajstić information content (AvgIpc) is 2.60. The molecule has 1 aliphatic heterocycles. The maximum absolute atomic E-state index is 12.9. The van der Waals surface area contributed by atoms with Crippen molar-refractivity contribution in [2.24, 2.45) is 0 Å². The minimum atomic E-state index is -3.72. The summed E-state index contributed by atoms with van der Waals surface area (Å²) in [5.41, 5.74) is 8.33. The first-order chi connectivity index (χ1) is 11.5. The van der Waals surface area contributed by atoms with E-state index in [4.69, 9.17) is 5.73 Å². The minimum Gasteiger partial charge on any atom is -0.399 e. The molecule has 0 bridgehead atoms. The number of nitrogens with two attached hydrogens (primary N) is 1. The first kappa shape index (κ1) is 14.7. The first-order valence-electron chi connectivity index (χ1n) is 7.37. The van der Waals surface area contributed by atoms with Gasteiger partial charge in [0.1, 0.15) is 0 Å². The molecule has 118 valence electrons. The number of fused-ring (bicyclic) bond motifs is 2. The van der Waals surface area contributed by atoms with E-state index >= 15 is 0 Å². The predicted octanol–water partition coefficient (Wildman–Crippen LogP) is 3.31. The van der Waals surface area contributed by atoms with E-state index < -0.39 is 9.84 Å². The molecule has 5 heteroatoms. The van der Waals surface area contributed by atoms with Gasteiger partial charge in [-0.2, -0.15) is 0 Å². The highest BCUT2D eigenvalue weighted by molar-refractivity contribution is 7.91. The standard InChI is InChI=1S/C19H13NO3S/c20-14-8-5-12(6-9-14)13-7-10-16-18(11-13)24(22,23)17-4-2-1-3-15(17)19(16)21/h1-11H,20H2. The number of hydrogen-bond donors (Lipinski definition) is 1. The highest BCUT2D eigenvalue weighted by atomic mass is 32.2. The van der Waals surface area contributed by atoms with Crippen LogP contribution in [-0.4, -0.2) is 14.2 Å². The van der Waals surface area contributed by atoms with E-state index in [2.05, 4.69) is 0 Å². The van der Waals surface area contributed by atoms with E-state index in [-0.39, 0.29) is 26.7 Å². The van der Waals surface area contributed by atoms with Crippen LogP contribution in [0.1, 0.15) is 15.9 Å². The Hall–Kier alpha value is -2.92. The van der Waals surface area contributed by atoms with Crippen LogP contribution in [0.3, 0.4) is 0 Å². The lowest BCUT2D eigenvalue weighted by atomic mass is 9.98. The lowest BCUT2D eigenvalue weighted by molar-refractivity contribution is 0.103. The molecule has 0 unspecified atom stereocenters. The quantitative estimate of drug-likeness (QED) is 0.541. The molecule has 0 aliphatic carbocycles. The molecule has 0 fully saturated rings. The number of carbonyl (C=O) groups is 1. The minimum absolute atomic E-state index is 0.0560. The second kappa shape index (κ2) is 5.04. The van der Waals surface area contributed by atoms with E-state index in [1.165, 1.54) is 6.07 Å². The molecule has 4 nitrogen and oxygen atoms in total. The van der Waals surface area contributed by atoms with Crippen molar-refractivity contribution in [1.82, 2.24) is 0 Å². The fourth-order valence-corrected chi connectivity index (χ4v) is 4.62. The molecule has 0 radical (unpaired) electrons. The zero-order valence-electron chi connectivity index (χ0n) is 12.6. The maximum Gasteiger partial charge on any atom is 0.208 e. The largest absolute Gasteiger partial charge is 0.399 e. The second-order valence-corrected chi connectivity index (χ2v) is 7.55. The Morgan fingerprint density at radius 1 is 0.708 bits per heavy atom. The third-order valence-corrected chi connectivity index (χ3v) is 6.03. The van der Waals surface area contributed by atoms with Gasteiger partial charge in [0, 0.05) is 16.8 Å². The van der Waals surface area contributed by atoms with Gasteiger partial charge in [-0.15, -0.1) is 0 Å². The van der Waals surface area contributed by atoms with Gasteiger partial charge in [-0.05, 0) is 47.5 Å². The maximum atomic E-state index is 12.9. The summed E-state index contributed by atoms with van der Waals surface area (Å²) < 4.78 is 25.8. The average molecular weight is 335 g/mol. The van der Waals surface area contributed by atoms with Crippen molar-refractivity contribution in [2.75, 3.05) is 5.73 Å². The highest BCUT2D eigenvalue weighted by Crippen LogP contribution is 2.36. The van der Waals surface area contributed by atoms with Crippen molar-refractivity contribution in [1.29, 1.82) is 0 Å². The van der Waals surface area contributed by atoms with Gasteiger partial charge in [0.05, 0.1) is 9.79 Å². The van der Waals surface area contributed by atoms with E-state index in [0.717, 1.165) is 11.1 Å². The fraction of sp³-hybridized carbons (Fsp3) is 0. The molecule has 3 aromatic rings. The third kappa shape index (κ3) is 2.06. The smallest absolute Gasteiger partial charge is 0.208 e. The topological polar surface area (TPSA) is 77.2 Å². The molecule has 0 saturated carbocycles. The molecule has 1 heterocycles. The number of hydrogen-bond acceptors (Lipinski definition) is 4. The van der Waals surface area contributed by atoms with Crippen molar-refractivity contribution in [3.63, 3.8) is 0 Å². The molecule has 0 amide bonds. The van der Waals surface area contributed by atoms with Crippen molar-refractivity contribution in [3.8, 4) is 11.1 Å². The Labute approximate surface area is 139 Å². The van der Waals surface area contributed by atoms with Gasteiger partial charge in [-0.3, -0.25) is 4.79 Å². The van der Waals surface area contributed by atoms with Crippen molar-refractivity contribution in [2.45, 2.75) is 9.79 Å². The molecule has 0 spiro atoms. The second-order valence-electron chi connectivity index (χ2n) is 5.66. The van der Waals surface area contributed by atoms with Crippen LogP contribution in [0.15, 0.2) is 76.5 Å². The molecule has 0 aromatic heterocycles. The van der Waals surface area contributed by atoms with Crippen molar-refractivity contribution < 1.29 is 13.2 Å². The third-order valence-electron chi connectivity index (χ3n) is 4.18. The van der Waals surface area contributed by atoms with Crippen LogP contribution < -0.4 is 5.73 Å². The molecule has 2 N–H and O–H groups in total. The lowest BCUT2D eigenvalue weighted by Crippen LogP contribution is -2.20. The Balaban J connectivity index is 1.95. The normalized spacial score (nSPS) is 14.8. The zero-order valence-corrected chi connectivity index (χ0v) is 13.4. The number of sulfone groups is 1. The zero-order chi connectivity index (χ0) is 16.9. The van der Waals surface area contributed by atoms with E-state index in [1.807, 2.05) is 12.1 Å². The van der Waals surface area contributed by atoms with Crippen molar-refractivity contribution in [3.05, 3.63) is 77.9 Å². The van der Waals surface area contributed by atoms with Gasteiger partial charge < -0.3 is 5.73 Å². The number of ketones is 1. The number of nitrogen functional groups attached to an aromatic ring is 1. The van der Waals surface area contributed by atoms with Gasteiger partial charge in [-0.1, -0.05) is 30.3 Å². The fourth-order valence-electron chi connectivity index (χ4n) is 2.94. The Morgan fingerprint density at radius 2 is 1.33 bits per heavy atom. The molecular weight excluding hydrogens is 322 g/mol.